The minimum atomic E-state index is -1.89. The number of aliphatic imine (C=N–C) groups is 1. The number of rotatable bonds is 33. The van der Waals surface area contributed by atoms with Crippen LogP contribution in [0.1, 0.15) is 98.5 Å². The lowest BCUT2D eigenvalue weighted by atomic mass is 9.97. The molecule has 0 aromatic heterocycles. The molecule has 76 heavy (non-hydrogen) atoms. The quantitative estimate of drug-likeness (QED) is 0.0192. The third-order valence-corrected chi connectivity index (χ3v) is 13.2. The lowest BCUT2D eigenvalue weighted by molar-refractivity contribution is -0.143. The van der Waals surface area contributed by atoms with Crippen LogP contribution in [-0.4, -0.2) is 182 Å². The molecule has 1 fully saturated rings. The fraction of sp³-hybridized carbons (Fsp3) is 0.653. The molecule has 0 unspecified atom stereocenters. The van der Waals surface area contributed by atoms with Gasteiger partial charge in [0.2, 0.25) is 47.3 Å². The zero-order valence-corrected chi connectivity index (χ0v) is 45.1. The van der Waals surface area contributed by atoms with Crippen molar-refractivity contribution in [1.82, 2.24) is 42.1 Å². The molecule has 1 aromatic rings. The van der Waals surface area contributed by atoms with E-state index in [1.54, 1.807) is 50.4 Å². The fourth-order valence-corrected chi connectivity index (χ4v) is 8.63. The van der Waals surface area contributed by atoms with Crippen molar-refractivity contribution in [2.75, 3.05) is 25.1 Å². The molecule has 1 saturated heterocycles. The first-order chi connectivity index (χ1) is 35.7. The van der Waals surface area contributed by atoms with Gasteiger partial charge in [0.25, 0.3) is 0 Å². The second-order valence-corrected chi connectivity index (χ2v) is 20.3. The number of benzene rings is 1. The van der Waals surface area contributed by atoms with E-state index < -0.39 is 138 Å². The number of hydrogen-bond acceptors (Lipinski definition) is 15. The highest BCUT2D eigenvalue weighted by molar-refractivity contribution is 7.98. The zero-order valence-electron chi connectivity index (χ0n) is 44.3. The molecular weight excluding hydrogens is 1010 g/mol. The van der Waals surface area contributed by atoms with Gasteiger partial charge in [-0.25, -0.2) is 4.79 Å². The van der Waals surface area contributed by atoms with Crippen LogP contribution in [0, 0.1) is 11.8 Å². The van der Waals surface area contributed by atoms with Crippen molar-refractivity contribution in [1.29, 1.82) is 0 Å². The lowest BCUT2D eigenvalue weighted by Gasteiger charge is -2.30. The summed E-state index contributed by atoms with van der Waals surface area (Å²) >= 11 is 1.36. The van der Waals surface area contributed by atoms with Crippen molar-refractivity contribution in [3.05, 3.63) is 35.9 Å². The molecule has 1 aromatic carbocycles. The highest BCUT2D eigenvalue weighted by atomic mass is 32.2. The van der Waals surface area contributed by atoms with Gasteiger partial charge in [0.1, 0.15) is 48.3 Å². The molecule has 26 nitrogen and oxygen atoms in total. The molecule has 1 heterocycles. The summed E-state index contributed by atoms with van der Waals surface area (Å²) in [4.78, 5) is 140. The van der Waals surface area contributed by atoms with Gasteiger partial charge < -0.3 is 79.7 Å². The van der Waals surface area contributed by atoms with Crippen molar-refractivity contribution in [3.8, 4) is 0 Å². The number of aliphatic hydroxyl groups is 2. The minimum absolute atomic E-state index is 0.00795. The number of amides is 8. The molecule has 0 spiro atoms. The maximum Gasteiger partial charge on any atom is 0.326 e. The molecule has 12 atom stereocenters. The first kappa shape index (κ1) is 65.5. The Morgan fingerprint density at radius 1 is 0.711 bits per heavy atom. The number of nitrogens with two attached hydrogens (primary N) is 3. The van der Waals surface area contributed by atoms with Crippen molar-refractivity contribution in [2.24, 2.45) is 34.0 Å². The van der Waals surface area contributed by atoms with Gasteiger partial charge in [0.15, 0.2) is 5.96 Å². The number of carboxylic acids is 2. The number of carbonyl (C=O) groups is 10. The number of carbonyl (C=O) groups excluding carboxylic acids is 8. The number of hydrogen-bond donors (Lipinski definition) is 14. The van der Waals surface area contributed by atoms with E-state index in [9.17, 15) is 68.4 Å². The lowest BCUT2D eigenvalue weighted by Crippen LogP contribution is -2.63. The van der Waals surface area contributed by atoms with E-state index in [1.807, 2.05) is 13.8 Å². The SMILES string of the molecule is CC[C@H](C)[C@H](NC(=O)[C@@H](NC(=O)[C@@H](NC(=O)[C@H](CCCN=C(N)N)NC(=O)[C@H](CC(=O)O)NC(=O)[C@H](Cc1ccccc1)NC(=O)[C@@H]1CCCN1C(=O)[C@@H](N)CC(C)C)[C@@H](C)O)[C@@H](C)O)C(=O)N[C@@H](CCSC)C(=O)O. The van der Waals surface area contributed by atoms with Crippen LogP contribution >= 0.6 is 11.8 Å². The third-order valence-electron chi connectivity index (χ3n) is 12.5. The van der Waals surface area contributed by atoms with Gasteiger partial charge >= 0.3 is 11.9 Å². The largest absolute Gasteiger partial charge is 0.481 e. The van der Waals surface area contributed by atoms with Crippen molar-refractivity contribution >= 4 is 76.9 Å². The fourth-order valence-electron chi connectivity index (χ4n) is 8.16. The number of likely N-dealkylation sites (tertiary alicyclic amines) is 1. The molecule has 17 N–H and O–H groups in total. The topological polar surface area (TPSA) is 429 Å². The van der Waals surface area contributed by atoms with Gasteiger partial charge in [0.05, 0.1) is 24.7 Å². The van der Waals surface area contributed by atoms with Gasteiger partial charge in [-0.1, -0.05) is 64.4 Å². The Morgan fingerprint density at radius 3 is 1.76 bits per heavy atom. The third kappa shape index (κ3) is 21.9. The molecule has 0 radical (unpaired) electrons. The first-order valence-electron chi connectivity index (χ1n) is 25.3. The van der Waals surface area contributed by atoms with E-state index in [0.29, 0.717) is 30.6 Å². The van der Waals surface area contributed by atoms with E-state index in [0.717, 1.165) is 13.8 Å². The Morgan fingerprint density at radius 2 is 1.24 bits per heavy atom. The Labute approximate surface area is 447 Å². The van der Waals surface area contributed by atoms with Crippen LogP contribution in [-0.2, 0) is 54.4 Å². The average molecular weight is 1090 g/mol. The molecule has 1 aliphatic heterocycles. The predicted molar refractivity (Wildman–Crippen MR) is 281 cm³/mol. The maximum absolute atomic E-state index is 14.2. The van der Waals surface area contributed by atoms with Crippen LogP contribution in [0.2, 0.25) is 0 Å². The molecule has 8 amide bonds. The number of nitrogens with one attached hydrogen (secondary N) is 7. The number of aliphatic hydroxyl groups excluding tert-OH is 2. The maximum atomic E-state index is 14.2. The number of nitrogens with zero attached hydrogens (tertiary/aromatic N) is 2. The highest BCUT2D eigenvalue weighted by Gasteiger charge is 2.40. The number of aliphatic carboxylic acids is 2. The van der Waals surface area contributed by atoms with Crippen molar-refractivity contribution < 1.29 is 68.4 Å². The van der Waals surface area contributed by atoms with E-state index >= 15 is 0 Å². The van der Waals surface area contributed by atoms with Gasteiger partial charge in [0, 0.05) is 19.5 Å². The van der Waals surface area contributed by atoms with Gasteiger partial charge in [-0.3, -0.25) is 48.1 Å². The Balaban J connectivity index is 2.43. The van der Waals surface area contributed by atoms with Crippen LogP contribution in [0.5, 0.6) is 0 Å². The number of guanidine groups is 1. The smallest absolute Gasteiger partial charge is 0.326 e. The molecule has 2 rings (SSSR count). The summed E-state index contributed by atoms with van der Waals surface area (Å²) in [7, 11) is 0. The van der Waals surface area contributed by atoms with Crippen LogP contribution in [0.15, 0.2) is 35.3 Å². The van der Waals surface area contributed by atoms with Crippen molar-refractivity contribution in [2.45, 2.75) is 166 Å². The molecule has 0 saturated carbocycles. The minimum Gasteiger partial charge on any atom is -0.481 e. The summed E-state index contributed by atoms with van der Waals surface area (Å²) in [5.74, 6) is -10.8. The zero-order chi connectivity index (χ0) is 57.4. The van der Waals surface area contributed by atoms with Crippen LogP contribution < -0.4 is 54.4 Å². The second kappa shape index (κ2) is 32.8. The van der Waals surface area contributed by atoms with E-state index in [1.165, 1.54) is 16.7 Å². The highest BCUT2D eigenvalue weighted by Crippen LogP contribution is 2.21. The molecule has 1 aliphatic rings. The standard InChI is InChI=1S/C49H80N12O14S/c1-8-26(4)37(44(70)55-32(48(74)75)18-21-76-7)58-45(71)39(28(6)63)60-46(72)38(27(5)62)59-40(66)31(16-12-19-53-49(51)52)54-42(68)34(24-36(64)65)56-41(67)33(23-29-14-10-9-11-15-29)57-43(69)35-17-13-20-61(35)47(73)30(50)22-25(2)3/h9-11,14-15,25-28,30-35,37-39,62-63H,8,12-13,16-24,50H2,1-7H3,(H,54,68)(H,55,70)(H,56,67)(H,57,69)(H,58,71)(H,59,66)(H,60,72)(H,64,65)(H,74,75)(H4,51,52,53)/t26-,27+,28+,30-,31-,32-,33-,34-,35-,37-,38-,39-/m0/s1. The molecule has 0 aliphatic carbocycles. The van der Waals surface area contributed by atoms with Crippen LogP contribution in [0.25, 0.3) is 0 Å². The van der Waals surface area contributed by atoms with Crippen molar-refractivity contribution in [3.63, 3.8) is 0 Å². The summed E-state index contributed by atoms with van der Waals surface area (Å²) in [6.45, 7) is 9.56. The molecule has 426 valence electrons. The first-order valence-corrected chi connectivity index (χ1v) is 26.7. The summed E-state index contributed by atoms with van der Waals surface area (Å²) in [5.41, 5.74) is 17.7. The van der Waals surface area contributed by atoms with Gasteiger partial charge in [-0.2, -0.15) is 11.8 Å². The van der Waals surface area contributed by atoms with E-state index in [-0.39, 0.29) is 57.1 Å². The molecule has 0 bridgehead atoms. The predicted octanol–water partition coefficient (Wildman–Crippen LogP) is -2.84. The molecular formula is C49H80N12O14S. The summed E-state index contributed by atoms with van der Waals surface area (Å²) in [5, 5.41) is 58.0. The number of thioether (sulfide) groups is 1. The van der Waals surface area contributed by atoms with Gasteiger partial charge in [-0.05, 0) is 81.8 Å². The summed E-state index contributed by atoms with van der Waals surface area (Å²) in [6.07, 6.45) is -1.50. The normalized spacial score (nSPS) is 17.6. The summed E-state index contributed by atoms with van der Waals surface area (Å²) < 4.78 is 0. The van der Waals surface area contributed by atoms with E-state index in [4.69, 9.17) is 17.2 Å². The monoisotopic (exact) mass is 1090 g/mol. The Hall–Kier alpha value is -6.58. The second-order valence-electron chi connectivity index (χ2n) is 19.4. The Bertz CT molecular complexity index is 2170. The van der Waals surface area contributed by atoms with Gasteiger partial charge in [-0.15, -0.1) is 0 Å². The van der Waals surface area contributed by atoms with Crippen LogP contribution in [0.4, 0.5) is 0 Å². The summed E-state index contributed by atoms with van der Waals surface area (Å²) in [6, 6.07) is -4.66. The van der Waals surface area contributed by atoms with E-state index in [2.05, 4.69) is 42.2 Å². The Kier molecular flexibility index (Phi) is 28.3. The molecule has 27 heteroatoms. The number of carboxylic acid groups (broad SMARTS) is 2. The average Bonchev–Trinajstić information content (AvgIpc) is 3.85. The van der Waals surface area contributed by atoms with Crippen LogP contribution in [0.3, 0.4) is 0 Å².